The lowest BCUT2D eigenvalue weighted by atomic mass is 9.96. The highest BCUT2D eigenvalue weighted by Gasteiger charge is 2.41. The molecular formula is C17H24N2O3. The number of morpholine rings is 1. The van der Waals surface area contributed by atoms with Crippen LogP contribution in [-0.2, 0) is 14.3 Å². The van der Waals surface area contributed by atoms with Gasteiger partial charge < -0.3 is 14.5 Å². The lowest BCUT2D eigenvalue weighted by molar-refractivity contribution is -0.167. The predicted molar refractivity (Wildman–Crippen MR) is 84.4 cm³/mol. The van der Waals surface area contributed by atoms with Gasteiger partial charge in [0.2, 0.25) is 5.91 Å². The number of hydrogen-bond donors (Lipinski definition) is 0. The minimum Gasteiger partial charge on any atom is -0.356 e. The molecule has 120 valence electrons. The Morgan fingerprint density at radius 1 is 1.27 bits per heavy atom. The average Bonchev–Trinajstić information content (AvgIpc) is 2.52. The van der Waals surface area contributed by atoms with Crippen LogP contribution in [0.3, 0.4) is 0 Å². The molecule has 1 saturated heterocycles. The molecule has 0 aliphatic carbocycles. The molecule has 1 aromatic rings. The number of carbonyl (C=O) groups is 2. The Kier molecular flexibility index (Phi) is 5.19. The van der Waals surface area contributed by atoms with Crippen molar-refractivity contribution in [2.24, 2.45) is 0 Å². The van der Waals surface area contributed by atoms with Gasteiger partial charge in [0.25, 0.3) is 5.91 Å². The van der Waals surface area contributed by atoms with Crippen LogP contribution in [0.15, 0.2) is 24.3 Å². The summed E-state index contributed by atoms with van der Waals surface area (Å²) in [5, 5.41) is 0. The van der Waals surface area contributed by atoms with Gasteiger partial charge in [-0.1, -0.05) is 29.8 Å². The van der Waals surface area contributed by atoms with Crippen LogP contribution < -0.4 is 0 Å². The molecule has 0 N–H and O–H groups in total. The minimum absolute atomic E-state index is 0.0451. The molecule has 0 saturated carbocycles. The van der Waals surface area contributed by atoms with Gasteiger partial charge in [0.05, 0.1) is 6.04 Å². The van der Waals surface area contributed by atoms with E-state index in [1.54, 1.807) is 16.8 Å². The van der Waals surface area contributed by atoms with Gasteiger partial charge in [0.1, 0.15) is 6.61 Å². The van der Waals surface area contributed by atoms with Gasteiger partial charge in [-0.2, -0.15) is 0 Å². The molecule has 2 amide bonds. The molecule has 2 rings (SSSR count). The predicted octanol–water partition coefficient (Wildman–Crippen LogP) is 1.76. The van der Waals surface area contributed by atoms with Crippen molar-refractivity contribution in [3.05, 3.63) is 35.4 Å². The lowest BCUT2D eigenvalue weighted by Gasteiger charge is -2.40. The van der Waals surface area contributed by atoms with Crippen molar-refractivity contribution in [3.63, 3.8) is 0 Å². The van der Waals surface area contributed by atoms with E-state index in [4.69, 9.17) is 4.74 Å². The normalized spacial score (nSPS) is 21.8. The minimum atomic E-state index is -0.648. The highest BCUT2D eigenvalue weighted by atomic mass is 16.5. The fourth-order valence-electron chi connectivity index (χ4n) is 2.80. The maximum Gasteiger partial charge on any atom is 0.254 e. The molecular weight excluding hydrogens is 280 g/mol. The van der Waals surface area contributed by atoms with Crippen molar-refractivity contribution >= 4 is 11.8 Å². The summed E-state index contributed by atoms with van der Waals surface area (Å²) in [7, 11) is 1.73. The number of nitrogens with zero attached hydrogens (tertiary/aromatic N) is 2. The molecule has 1 heterocycles. The molecule has 0 radical (unpaired) electrons. The quantitative estimate of drug-likeness (QED) is 0.852. The number of likely N-dealkylation sites (N-methyl/N-ethyl adjacent to an activating group) is 2. The van der Waals surface area contributed by atoms with E-state index < -0.39 is 6.10 Å². The second-order valence-corrected chi connectivity index (χ2v) is 5.60. The Morgan fingerprint density at radius 3 is 2.41 bits per heavy atom. The van der Waals surface area contributed by atoms with Crippen molar-refractivity contribution in [3.8, 4) is 0 Å². The van der Waals surface area contributed by atoms with E-state index in [1.807, 2.05) is 45.0 Å². The standard InChI is InChI=1S/C17H24N2O3/c1-5-19(6-2)17(21)16-15(18(4)14(20)11-22-16)13-9-7-12(3)8-10-13/h7-10,15-16H,5-6,11H2,1-4H3/t15-,16+/m1/s1. The number of rotatable bonds is 4. The monoisotopic (exact) mass is 304 g/mol. The van der Waals surface area contributed by atoms with Crippen LogP contribution in [-0.4, -0.2) is 54.5 Å². The van der Waals surface area contributed by atoms with Gasteiger partial charge in [0.15, 0.2) is 6.10 Å². The van der Waals surface area contributed by atoms with Crippen LogP contribution in [0, 0.1) is 6.92 Å². The summed E-state index contributed by atoms with van der Waals surface area (Å²) >= 11 is 0. The Labute approximate surface area is 131 Å². The number of hydrogen-bond acceptors (Lipinski definition) is 3. The Hall–Kier alpha value is -1.88. The van der Waals surface area contributed by atoms with Crippen molar-refractivity contribution in [1.82, 2.24) is 9.80 Å². The van der Waals surface area contributed by atoms with Gasteiger partial charge in [-0.05, 0) is 26.3 Å². The summed E-state index contributed by atoms with van der Waals surface area (Å²) in [4.78, 5) is 28.1. The fourth-order valence-corrected chi connectivity index (χ4v) is 2.80. The van der Waals surface area contributed by atoms with Gasteiger partial charge in [-0.15, -0.1) is 0 Å². The van der Waals surface area contributed by atoms with Crippen molar-refractivity contribution in [2.45, 2.75) is 32.9 Å². The summed E-state index contributed by atoms with van der Waals surface area (Å²) in [5.74, 6) is -0.163. The topological polar surface area (TPSA) is 49.9 Å². The molecule has 5 nitrogen and oxygen atoms in total. The molecule has 1 aliphatic heterocycles. The van der Waals surface area contributed by atoms with Gasteiger partial charge in [-0.3, -0.25) is 9.59 Å². The first-order valence-corrected chi connectivity index (χ1v) is 7.72. The third-order valence-corrected chi connectivity index (χ3v) is 4.22. The van der Waals surface area contributed by atoms with Crippen LogP contribution in [0.5, 0.6) is 0 Å². The van der Waals surface area contributed by atoms with Crippen LogP contribution in [0.25, 0.3) is 0 Å². The SMILES string of the molecule is CCN(CC)C(=O)[C@H]1OCC(=O)N(C)[C@@H]1c1ccc(C)cc1. The first-order chi connectivity index (χ1) is 10.5. The van der Waals surface area contributed by atoms with Crippen LogP contribution >= 0.6 is 0 Å². The molecule has 0 spiro atoms. The molecule has 1 aromatic carbocycles. The molecule has 0 unspecified atom stereocenters. The maximum absolute atomic E-state index is 12.7. The van der Waals surface area contributed by atoms with Gasteiger partial charge in [0, 0.05) is 20.1 Å². The summed E-state index contributed by atoms with van der Waals surface area (Å²) in [6, 6.07) is 7.51. The molecule has 1 aliphatic rings. The first-order valence-electron chi connectivity index (χ1n) is 7.72. The Balaban J connectivity index is 2.35. The summed E-state index contributed by atoms with van der Waals surface area (Å²) < 4.78 is 5.62. The van der Waals surface area contributed by atoms with E-state index in [1.165, 1.54) is 0 Å². The van der Waals surface area contributed by atoms with Gasteiger partial charge >= 0.3 is 0 Å². The fraction of sp³-hybridized carbons (Fsp3) is 0.529. The molecule has 2 atom stereocenters. The third-order valence-electron chi connectivity index (χ3n) is 4.22. The second-order valence-electron chi connectivity index (χ2n) is 5.60. The first kappa shape index (κ1) is 16.5. The van der Waals surface area contributed by atoms with E-state index in [0.717, 1.165) is 11.1 Å². The number of benzene rings is 1. The lowest BCUT2D eigenvalue weighted by Crippen LogP contribution is -2.53. The molecule has 1 fully saturated rings. The smallest absolute Gasteiger partial charge is 0.254 e. The van der Waals surface area contributed by atoms with Crippen molar-refractivity contribution < 1.29 is 14.3 Å². The number of aryl methyl sites for hydroxylation is 1. The summed E-state index contributed by atoms with van der Waals surface area (Å²) in [6.45, 7) is 7.12. The van der Waals surface area contributed by atoms with E-state index in [2.05, 4.69) is 0 Å². The molecule has 0 bridgehead atoms. The van der Waals surface area contributed by atoms with Crippen molar-refractivity contribution in [2.75, 3.05) is 26.7 Å². The zero-order valence-corrected chi connectivity index (χ0v) is 13.7. The summed E-state index contributed by atoms with van der Waals surface area (Å²) in [6.07, 6.45) is -0.648. The molecule has 5 heteroatoms. The van der Waals surface area contributed by atoms with Crippen LogP contribution in [0.2, 0.25) is 0 Å². The highest BCUT2D eigenvalue weighted by Crippen LogP contribution is 2.30. The van der Waals surface area contributed by atoms with E-state index in [9.17, 15) is 9.59 Å². The number of amides is 2. The largest absolute Gasteiger partial charge is 0.356 e. The highest BCUT2D eigenvalue weighted by molar-refractivity contribution is 5.86. The van der Waals surface area contributed by atoms with Crippen LogP contribution in [0.1, 0.15) is 31.0 Å². The molecule has 0 aromatic heterocycles. The van der Waals surface area contributed by atoms with Crippen molar-refractivity contribution in [1.29, 1.82) is 0 Å². The average molecular weight is 304 g/mol. The van der Waals surface area contributed by atoms with Gasteiger partial charge in [-0.25, -0.2) is 0 Å². The summed E-state index contributed by atoms with van der Waals surface area (Å²) in [5.41, 5.74) is 2.06. The third kappa shape index (κ3) is 3.14. The zero-order valence-electron chi connectivity index (χ0n) is 13.7. The number of ether oxygens (including phenoxy) is 1. The second kappa shape index (κ2) is 6.92. The van der Waals surface area contributed by atoms with E-state index in [0.29, 0.717) is 13.1 Å². The molecule has 22 heavy (non-hydrogen) atoms. The van der Waals surface area contributed by atoms with Crippen LogP contribution in [0.4, 0.5) is 0 Å². The number of carbonyl (C=O) groups excluding carboxylic acids is 2. The Bertz CT molecular complexity index is 537. The zero-order chi connectivity index (χ0) is 16.3. The van der Waals surface area contributed by atoms with E-state index >= 15 is 0 Å². The maximum atomic E-state index is 12.7. The van der Waals surface area contributed by atoms with E-state index in [-0.39, 0.29) is 24.5 Å². The Morgan fingerprint density at radius 2 is 1.86 bits per heavy atom.